The summed E-state index contributed by atoms with van der Waals surface area (Å²) in [6, 6.07) is 9.50. The molecule has 1 fully saturated rings. The van der Waals surface area contributed by atoms with E-state index in [0.29, 0.717) is 13.2 Å². The van der Waals surface area contributed by atoms with Crippen LogP contribution in [0.5, 0.6) is 0 Å². The molecule has 0 radical (unpaired) electrons. The van der Waals surface area contributed by atoms with Gasteiger partial charge in [0.15, 0.2) is 0 Å². The third-order valence-electron chi connectivity index (χ3n) is 3.62. The Balaban J connectivity index is 2.07. The quantitative estimate of drug-likeness (QED) is 0.848. The molecule has 0 spiro atoms. The number of nitrogens with one attached hydrogen (secondary N) is 1. The summed E-state index contributed by atoms with van der Waals surface area (Å²) in [5.74, 6) is 0.0850. The highest BCUT2D eigenvalue weighted by Gasteiger charge is 2.38. The fraction of sp³-hybridized carbons (Fsp3) is 0.533. The summed E-state index contributed by atoms with van der Waals surface area (Å²) in [7, 11) is 3.27. The molecule has 5 heteroatoms. The van der Waals surface area contributed by atoms with Gasteiger partial charge >= 0.3 is 0 Å². The van der Waals surface area contributed by atoms with Crippen LogP contribution >= 0.6 is 0 Å². The van der Waals surface area contributed by atoms with E-state index in [1.807, 2.05) is 42.2 Å². The van der Waals surface area contributed by atoms with Crippen LogP contribution < -0.4 is 5.32 Å². The van der Waals surface area contributed by atoms with Crippen molar-refractivity contribution in [2.24, 2.45) is 0 Å². The van der Waals surface area contributed by atoms with E-state index in [4.69, 9.17) is 9.47 Å². The lowest BCUT2D eigenvalue weighted by molar-refractivity contribution is -0.132. The monoisotopic (exact) mass is 278 g/mol. The molecule has 1 aromatic carbocycles. The maximum absolute atomic E-state index is 12.5. The minimum Gasteiger partial charge on any atom is -0.382 e. The van der Waals surface area contributed by atoms with E-state index in [1.165, 1.54) is 0 Å². The Hall–Kier alpha value is -1.43. The predicted octanol–water partition coefficient (Wildman–Crippen LogP) is 1.17. The number of nitrogens with zero attached hydrogens (tertiary/aromatic N) is 1. The first kappa shape index (κ1) is 15.0. The molecule has 20 heavy (non-hydrogen) atoms. The van der Waals surface area contributed by atoms with Gasteiger partial charge in [0.2, 0.25) is 5.91 Å². The summed E-state index contributed by atoms with van der Waals surface area (Å²) < 4.78 is 10.4. The zero-order valence-corrected chi connectivity index (χ0v) is 12.2. The smallest absolute Gasteiger partial charge is 0.245 e. The van der Waals surface area contributed by atoms with Gasteiger partial charge in [-0.25, -0.2) is 0 Å². The topological polar surface area (TPSA) is 50.8 Å². The number of methoxy groups -OCH3 is 2. The lowest BCUT2D eigenvalue weighted by Crippen LogP contribution is -2.42. The molecule has 1 aliphatic rings. The van der Waals surface area contributed by atoms with Crippen LogP contribution in [0.3, 0.4) is 0 Å². The highest BCUT2D eigenvalue weighted by molar-refractivity contribution is 5.85. The Labute approximate surface area is 119 Å². The van der Waals surface area contributed by atoms with E-state index in [-0.39, 0.29) is 24.2 Å². The van der Waals surface area contributed by atoms with Crippen LogP contribution in [0.1, 0.15) is 18.5 Å². The summed E-state index contributed by atoms with van der Waals surface area (Å²) in [4.78, 5) is 14.3. The van der Waals surface area contributed by atoms with Crippen molar-refractivity contribution in [3.05, 3.63) is 35.9 Å². The molecule has 1 amide bonds. The van der Waals surface area contributed by atoms with E-state index in [0.717, 1.165) is 5.56 Å². The van der Waals surface area contributed by atoms with Gasteiger partial charge in [0.05, 0.1) is 25.4 Å². The van der Waals surface area contributed by atoms with Crippen LogP contribution in [0, 0.1) is 0 Å². The van der Waals surface area contributed by atoms with Crippen molar-refractivity contribution in [1.82, 2.24) is 10.2 Å². The summed E-state index contributed by atoms with van der Waals surface area (Å²) in [5.41, 5.74) is 0.993. The molecule has 2 rings (SSSR count). The van der Waals surface area contributed by atoms with Gasteiger partial charge in [-0.3, -0.25) is 10.1 Å². The fourth-order valence-electron chi connectivity index (χ4n) is 2.49. The predicted molar refractivity (Wildman–Crippen MR) is 76.2 cm³/mol. The fourth-order valence-corrected chi connectivity index (χ4v) is 2.49. The number of amides is 1. The molecule has 1 aliphatic heterocycles. The molecule has 0 aliphatic carbocycles. The van der Waals surface area contributed by atoms with Crippen molar-refractivity contribution in [3.63, 3.8) is 0 Å². The second kappa shape index (κ2) is 6.83. The van der Waals surface area contributed by atoms with Crippen molar-refractivity contribution >= 4 is 5.91 Å². The van der Waals surface area contributed by atoms with E-state index >= 15 is 0 Å². The molecule has 3 atom stereocenters. The minimum atomic E-state index is -0.272. The van der Waals surface area contributed by atoms with Gasteiger partial charge < -0.3 is 14.4 Å². The zero-order chi connectivity index (χ0) is 14.5. The van der Waals surface area contributed by atoms with Crippen LogP contribution in [-0.2, 0) is 14.3 Å². The number of carbonyl (C=O) groups excluding carboxylic acids is 1. The van der Waals surface area contributed by atoms with Crippen molar-refractivity contribution < 1.29 is 14.3 Å². The highest BCUT2D eigenvalue weighted by Crippen LogP contribution is 2.24. The number of hydrogen-bond acceptors (Lipinski definition) is 4. The molecule has 0 bridgehead atoms. The molecular weight excluding hydrogens is 256 g/mol. The van der Waals surface area contributed by atoms with E-state index in [1.54, 1.807) is 14.2 Å². The standard InChI is InChI=1S/C15H22N2O3/c1-11-16-14(12-7-5-4-6-8-12)15(18)17(11)9-13(20-3)10-19-2/h4-8,11,13-14,16H,9-10H2,1-3H3. The third kappa shape index (κ3) is 3.17. The second-order valence-corrected chi connectivity index (χ2v) is 4.99. The van der Waals surface area contributed by atoms with Crippen LogP contribution in [0.25, 0.3) is 0 Å². The molecule has 0 saturated carbocycles. The van der Waals surface area contributed by atoms with E-state index < -0.39 is 0 Å². The van der Waals surface area contributed by atoms with Crippen LogP contribution in [-0.4, -0.2) is 50.4 Å². The molecule has 3 unspecified atom stereocenters. The largest absolute Gasteiger partial charge is 0.382 e. The number of rotatable bonds is 6. The van der Waals surface area contributed by atoms with Gasteiger partial charge in [0.25, 0.3) is 0 Å². The maximum Gasteiger partial charge on any atom is 0.245 e. The number of ether oxygens (including phenoxy) is 2. The lowest BCUT2D eigenvalue weighted by atomic mass is 10.1. The molecule has 5 nitrogen and oxygen atoms in total. The Morgan fingerprint density at radius 3 is 2.60 bits per heavy atom. The summed E-state index contributed by atoms with van der Waals surface area (Å²) in [6.07, 6.45) is -0.120. The van der Waals surface area contributed by atoms with Gasteiger partial charge in [-0.1, -0.05) is 30.3 Å². The van der Waals surface area contributed by atoms with Gasteiger partial charge in [-0.2, -0.15) is 0 Å². The van der Waals surface area contributed by atoms with Gasteiger partial charge in [-0.05, 0) is 12.5 Å². The van der Waals surface area contributed by atoms with Gasteiger partial charge in [0, 0.05) is 14.2 Å². The molecule has 0 aromatic heterocycles. The first-order valence-electron chi connectivity index (χ1n) is 6.80. The number of hydrogen-bond donors (Lipinski definition) is 1. The van der Waals surface area contributed by atoms with Crippen molar-refractivity contribution in [2.45, 2.75) is 25.2 Å². The Kier molecular flexibility index (Phi) is 5.11. The Morgan fingerprint density at radius 2 is 2.00 bits per heavy atom. The van der Waals surface area contributed by atoms with Crippen LogP contribution in [0.15, 0.2) is 30.3 Å². The Morgan fingerprint density at radius 1 is 1.30 bits per heavy atom. The number of carbonyl (C=O) groups is 1. The van der Waals surface area contributed by atoms with Gasteiger partial charge in [0.1, 0.15) is 6.04 Å². The molecule has 1 saturated heterocycles. The third-order valence-corrected chi connectivity index (χ3v) is 3.62. The number of benzene rings is 1. The van der Waals surface area contributed by atoms with E-state index in [9.17, 15) is 4.79 Å². The minimum absolute atomic E-state index is 0.0118. The second-order valence-electron chi connectivity index (χ2n) is 4.99. The first-order valence-corrected chi connectivity index (χ1v) is 6.80. The molecular formula is C15H22N2O3. The Bertz CT molecular complexity index is 438. The molecule has 1 aromatic rings. The SMILES string of the molecule is COCC(CN1C(=O)C(c2ccccc2)NC1C)OC. The van der Waals surface area contributed by atoms with E-state index in [2.05, 4.69) is 5.32 Å². The normalized spacial score (nSPS) is 24.1. The first-order chi connectivity index (χ1) is 9.67. The molecule has 1 N–H and O–H groups in total. The summed E-state index contributed by atoms with van der Waals surface area (Å²) in [5, 5.41) is 3.32. The van der Waals surface area contributed by atoms with Crippen molar-refractivity contribution in [2.75, 3.05) is 27.4 Å². The maximum atomic E-state index is 12.5. The average molecular weight is 278 g/mol. The summed E-state index contributed by atoms with van der Waals surface area (Å²) >= 11 is 0. The van der Waals surface area contributed by atoms with Crippen LogP contribution in [0.2, 0.25) is 0 Å². The zero-order valence-electron chi connectivity index (χ0n) is 12.2. The molecule has 110 valence electrons. The van der Waals surface area contributed by atoms with Gasteiger partial charge in [-0.15, -0.1) is 0 Å². The van der Waals surface area contributed by atoms with Crippen LogP contribution in [0.4, 0.5) is 0 Å². The molecule has 1 heterocycles. The van der Waals surface area contributed by atoms with Crippen molar-refractivity contribution in [3.8, 4) is 0 Å². The highest BCUT2D eigenvalue weighted by atomic mass is 16.5. The average Bonchev–Trinajstić information content (AvgIpc) is 2.75. The summed E-state index contributed by atoms with van der Waals surface area (Å²) in [6.45, 7) is 2.99. The van der Waals surface area contributed by atoms with Crippen molar-refractivity contribution in [1.29, 1.82) is 0 Å². The lowest BCUT2D eigenvalue weighted by Gasteiger charge is -2.25.